The van der Waals surface area contributed by atoms with Crippen LogP contribution in [-0.2, 0) is 11.3 Å². The Morgan fingerprint density at radius 1 is 1.12 bits per heavy atom. The summed E-state index contributed by atoms with van der Waals surface area (Å²) in [6.07, 6.45) is 0.656. The molecule has 32 heavy (non-hydrogen) atoms. The van der Waals surface area contributed by atoms with Gasteiger partial charge in [0.05, 0.1) is 6.04 Å². The number of rotatable bonds is 6. The first-order chi connectivity index (χ1) is 15.6. The molecule has 166 valence electrons. The number of hydrogen-bond acceptors (Lipinski definition) is 6. The number of ether oxygens (including phenoxy) is 1. The monoisotopic (exact) mass is 436 g/mol. The minimum Gasteiger partial charge on any atom is -0.465 e. The van der Waals surface area contributed by atoms with Gasteiger partial charge in [-0.2, -0.15) is 4.98 Å². The highest BCUT2D eigenvalue weighted by Gasteiger charge is 2.33. The molecule has 0 bridgehead atoms. The van der Waals surface area contributed by atoms with Crippen molar-refractivity contribution in [1.29, 1.82) is 0 Å². The summed E-state index contributed by atoms with van der Waals surface area (Å²) in [6.45, 7) is 0.551. The minimum atomic E-state index is -1.01. The third kappa shape index (κ3) is 5.05. The fourth-order valence-electron chi connectivity index (χ4n) is 3.74. The Morgan fingerprint density at radius 3 is 2.56 bits per heavy atom. The smallest absolute Gasteiger partial charge is 0.408 e. The van der Waals surface area contributed by atoms with Gasteiger partial charge >= 0.3 is 12.2 Å². The Balaban J connectivity index is 1.52. The maximum absolute atomic E-state index is 12.5. The number of piperidine rings is 1. The predicted molar refractivity (Wildman–Crippen MR) is 114 cm³/mol. The second kappa shape index (κ2) is 9.95. The molecule has 1 fully saturated rings. The van der Waals surface area contributed by atoms with Gasteiger partial charge in [0.1, 0.15) is 12.6 Å². The van der Waals surface area contributed by atoms with Crippen LogP contribution in [0.4, 0.5) is 9.59 Å². The summed E-state index contributed by atoms with van der Waals surface area (Å²) >= 11 is 0. The molecule has 2 heterocycles. The third-order valence-corrected chi connectivity index (χ3v) is 5.36. The number of carbonyl (C=O) groups excluding carboxylic acids is 1. The van der Waals surface area contributed by atoms with Gasteiger partial charge in [-0.1, -0.05) is 65.8 Å². The lowest BCUT2D eigenvalue weighted by Gasteiger charge is -2.31. The maximum Gasteiger partial charge on any atom is 0.408 e. The number of hydrogen-bond donors (Lipinski definition) is 2. The average molecular weight is 436 g/mol. The SMILES string of the molecule is O=C(NC(c1ccccc1)c1nc([C@@H]2CCCCN2C(=O)O)no1)OCc1ccccc1. The van der Waals surface area contributed by atoms with Crippen molar-refractivity contribution in [3.8, 4) is 0 Å². The molecule has 2 N–H and O–H groups in total. The number of carbonyl (C=O) groups is 2. The standard InChI is InChI=1S/C23H24N4O5/c28-22(31-15-16-9-3-1-4-10-16)24-19(17-11-5-2-6-12-17)21-25-20(26-32-21)18-13-7-8-14-27(18)23(29)30/h1-6,9-12,18-19H,7-8,13-15H2,(H,24,28)(H,29,30)/t18-,19?/m0/s1. The van der Waals surface area contributed by atoms with Gasteiger partial charge in [-0.3, -0.25) is 4.90 Å². The molecular weight excluding hydrogens is 412 g/mol. The van der Waals surface area contributed by atoms with Gasteiger partial charge in [0.25, 0.3) is 5.89 Å². The van der Waals surface area contributed by atoms with E-state index < -0.39 is 24.3 Å². The van der Waals surface area contributed by atoms with Crippen LogP contribution in [0.3, 0.4) is 0 Å². The lowest BCUT2D eigenvalue weighted by molar-refractivity contribution is 0.103. The molecule has 1 unspecified atom stereocenters. The van der Waals surface area contributed by atoms with Crippen LogP contribution in [0, 0.1) is 0 Å². The lowest BCUT2D eigenvalue weighted by Crippen LogP contribution is -2.38. The molecule has 3 aromatic rings. The van der Waals surface area contributed by atoms with Gasteiger partial charge in [-0.15, -0.1) is 0 Å². The van der Waals surface area contributed by atoms with E-state index in [4.69, 9.17) is 9.26 Å². The number of likely N-dealkylation sites (tertiary alicyclic amines) is 1. The van der Waals surface area contributed by atoms with Crippen LogP contribution in [0.1, 0.15) is 54.2 Å². The molecular formula is C23H24N4O5. The van der Waals surface area contributed by atoms with E-state index in [-0.39, 0.29) is 12.5 Å². The molecule has 0 spiro atoms. The maximum atomic E-state index is 12.5. The zero-order chi connectivity index (χ0) is 22.3. The van der Waals surface area contributed by atoms with Gasteiger partial charge in [0.2, 0.25) is 0 Å². The van der Waals surface area contributed by atoms with Crippen molar-refractivity contribution < 1.29 is 24.0 Å². The Kier molecular flexibility index (Phi) is 6.64. The van der Waals surface area contributed by atoms with Crippen molar-refractivity contribution in [3.05, 3.63) is 83.5 Å². The summed E-state index contributed by atoms with van der Waals surface area (Å²) in [5.74, 6) is 0.459. The number of nitrogens with one attached hydrogen (secondary N) is 1. The van der Waals surface area contributed by atoms with Gasteiger partial charge in [0, 0.05) is 6.54 Å². The van der Waals surface area contributed by atoms with E-state index in [9.17, 15) is 14.7 Å². The molecule has 0 saturated carbocycles. The van der Waals surface area contributed by atoms with E-state index in [1.807, 2.05) is 60.7 Å². The summed E-state index contributed by atoms with van der Waals surface area (Å²) in [7, 11) is 0. The van der Waals surface area contributed by atoms with Crippen LogP contribution in [0.15, 0.2) is 65.2 Å². The number of amides is 2. The molecule has 2 aromatic carbocycles. The highest BCUT2D eigenvalue weighted by molar-refractivity contribution is 5.68. The molecule has 0 radical (unpaired) electrons. The predicted octanol–water partition coefficient (Wildman–Crippen LogP) is 4.29. The third-order valence-electron chi connectivity index (χ3n) is 5.36. The van der Waals surface area contributed by atoms with Crippen molar-refractivity contribution >= 4 is 12.2 Å². The highest BCUT2D eigenvalue weighted by atomic mass is 16.5. The molecule has 4 rings (SSSR count). The average Bonchev–Trinajstić information content (AvgIpc) is 3.32. The highest BCUT2D eigenvalue weighted by Crippen LogP contribution is 2.30. The summed E-state index contributed by atoms with van der Waals surface area (Å²) in [6, 6.07) is 17.3. The van der Waals surface area contributed by atoms with E-state index in [0.29, 0.717) is 18.8 Å². The van der Waals surface area contributed by atoms with Crippen LogP contribution >= 0.6 is 0 Å². The van der Waals surface area contributed by atoms with Crippen molar-refractivity contribution in [2.75, 3.05) is 6.54 Å². The van der Waals surface area contributed by atoms with Crippen molar-refractivity contribution in [2.24, 2.45) is 0 Å². The molecule has 2 atom stereocenters. The molecule has 1 saturated heterocycles. The van der Waals surface area contributed by atoms with Crippen molar-refractivity contribution in [3.63, 3.8) is 0 Å². The van der Waals surface area contributed by atoms with E-state index in [0.717, 1.165) is 24.0 Å². The van der Waals surface area contributed by atoms with Gasteiger partial charge in [-0.05, 0) is 30.4 Å². The fourth-order valence-corrected chi connectivity index (χ4v) is 3.74. The summed E-state index contributed by atoms with van der Waals surface area (Å²) in [5, 5.41) is 16.3. The Hall–Kier alpha value is -3.88. The molecule has 1 aromatic heterocycles. The van der Waals surface area contributed by atoms with Crippen molar-refractivity contribution in [1.82, 2.24) is 20.4 Å². The van der Waals surface area contributed by atoms with Crippen LogP contribution in [-0.4, -0.2) is 38.9 Å². The Labute approximate surface area is 185 Å². The number of aromatic nitrogens is 2. The largest absolute Gasteiger partial charge is 0.465 e. The number of alkyl carbamates (subject to hydrolysis) is 1. The zero-order valence-electron chi connectivity index (χ0n) is 17.4. The molecule has 1 aliphatic heterocycles. The first kappa shape index (κ1) is 21.4. The van der Waals surface area contributed by atoms with Crippen LogP contribution in [0.25, 0.3) is 0 Å². The second-order valence-corrected chi connectivity index (χ2v) is 7.53. The normalized spacial score (nSPS) is 16.9. The topological polar surface area (TPSA) is 118 Å². The summed E-state index contributed by atoms with van der Waals surface area (Å²) in [4.78, 5) is 29.9. The van der Waals surface area contributed by atoms with Crippen LogP contribution in [0.2, 0.25) is 0 Å². The number of carboxylic acid groups (broad SMARTS) is 1. The van der Waals surface area contributed by atoms with Crippen molar-refractivity contribution in [2.45, 2.75) is 38.0 Å². The lowest BCUT2D eigenvalue weighted by atomic mass is 10.0. The fraction of sp³-hybridized carbons (Fsp3) is 0.304. The number of benzene rings is 2. The second-order valence-electron chi connectivity index (χ2n) is 7.53. The molecule has 9 nitrogen and oxygen atoms in total. The quantitative estimate of drug-likeness (QED) is 0.592. The van der Waals surface area contributed by atoms with Gasteiger partial charge in [-0.25, -0.2) is 9.59 Å². The molecule has 1 aliphatic rings. The Morgan fingerprint density at radius 2 is 1.84 bits per heavy atom. The molecule has 2 amide bonds. The van der Waals surface area contributed by atoms with Gasteiger partial charge in [0.15, 0.2) is 5.82 Å². The zero-order valence-corrected chi connectivity index (χ0v) is 17.4. The first-order valence-corrected chi connectivity index (χ1v) is 10.5. The van der Waals surface area contributed by atoms with Crippen LogP contribution in [0.5, 0.6) is 0 Å². The first-order valence-electron chi connectivity index (χ1n) is 10.5. The summed E-state index contributed by atoms with van der Waals surface area (Å²) in [5.41, 5.74) is 1.60. The molecule has 9 heteroatoms. The summed E-state index contributed by atoms with van der Waals surface area (Å²) < 4.78 is 10.8. The molecule has 0 aliphatic carbocycles. The van der Waals surface area contributed by atoms with E-state index in [1.165, 1.54) is 4.90 Å². The Bertz CT molecular complexity index is 1040. The minimum absolute atomic E-state index is 0.124. The van der Waals surface area contributed by atoms with Crippen LogP contribution < -0.4 is 5.32 Å². The number of nitrogens with zero attached hydrogens (tertiary/aromatic N) is 3. The van der Waals surface area contributed by atoms with E-state index in [1.54, 1.807) is 0 Å². The van der Waals surface area contributed by atoms with Gasteiger partial charge < -0.3 is 19.7 Å². The van der Waals surface area contributed by atoms with E-state index in [2.05, 4.69) is 15.5 Å². The van der Waals surface area contributed by atoms with E-state index >= 15 is 0 Å².